The van der Waals surface area contributed by atoms with E-state index in [0.29, 0.717) is 17.8 Å². The molecule has 2 aliphatic carbocycles. The highest BCUT2D eigenvalue weighted by Crippen LogP contribution is 2.31. The number of carbonyl (C=O) groups is 1. The summed E-state index contributed by atoms with van der Waals surface area (Å²) in [5.41, 5.74) is 0. The quantitative estimate of drug-likeness (QED) is 0.772. The molecule has 0 N–H and O–H groups in total. The highest BCUT2D eigenvalue weighted by Gasteiger charge is 2.33. The normalized spacial score (nSPS) is 20.5. The number of benzene rings is 1. The van der Waals surface area contributed by atoms with E-state index in [1.54, 1.807) is 0 Å². The van der Waals surface area contributed by atoms with Crippen LogP contribution in [-0.2, 0) is 0 Å². The Labute approximate surface area is 133 Å². The van der Waals surface area contributed by atoms with E-state index in [4.69, 9.17) is 4.74 Å². The SMILES string of the molecule is O=C(Oc1ccccc1)N(C1CCCCC1)C1CCCCC1. The highest BCUT2D eigenvalue weighted by atomic mass is 16.6. The fourth-order valence-electron chi connectivity index (χ4n) is 3.96. The molecule has 0 spiro atoms. The van der Waals surface area contributed by atoms with Gasteiger partial charge in [-0.1, -0.05) is 56.7 Å². The Morgan fingerprint density at radius 2 is 1.32 bits per heavy atom. The molecule has 120 valence electrons. The Balaban J connectivity index is 1.72. The highest BCUT2D eigenvalue weighted by molar-refractivity contribution is 5.71. The summed E-state index contributed by atoms with van der Waals surface area (Å²) < 4.78 is 5.67. The molecule has 22 heavy (non-hydrogen) atoms. The predicted molar refractivity (Wildman–Crippen MR) is 88.1 cm³/mol. The summed E-state index contributed by atoms with van der Waals surface area (Å²) in [5.74, 6) is 0.657. The number of carbonyl (C=O) groups excluding carboxylic acids is 1. The lowest BCUT2D eigenvalue weighted by Gasteiger charge is -2.40. The average Bonchev–Trinajstić information content (AvgIpc) is 2.58. The summed E-state index contributed by atoms with van der Waals surface area (Å²) in [5, 5.41) is 0. The molecule has 1 amide bonds. The summed E-state index contributed by atoms with van der Waals surface area (Å²) in [4.78, 5) is 14.9. The third-order valence-corrected chi connectivity index (χ3v) is 5.10. The second-order valence-electron chi connectivity index (χ2n) is 6.67. The monoisotopic (exact) mass is 301 g/mol. The van der Waals surface area contributed by atoms with Gasteiger partial charge < -0.3 is 9.64 Å². The lowest BCUT2D eigenvalue weighted by atomic mass is 9.89. The van der Waals surface area contributed by atoms with Crippen LogP contribution in [0.2, 0.25) is 0 Å². The second-order valence-corrected chi connectivity index (χ2v) is 6.67. The molecule has 0 heterocycles. The van der Waals surface area contributed by atoms with Gasteiger partial charge in [-0.2, -0.15) is 0 Å². The molecule has 0 radical (unpaired) electrons. The largest absolute Gasteiger partial charge is 0.415 e. The zero-order valence-corrected chi connectivity index (χ0v) is 13.4. The minimum Gasteiger partial charge on any atom is -0.410 e. The zero-order valence-electron chi connectivity index (χ0n) is 13.4. The number of ether oxygens (including phenoxy) is 1. The van der Waals surface area contributed by atoms with Crippen LogP contribution in [0.4, 0.5) is 4.79 Å². The Hall–Kier alpha value is -1.51. The van der Waals surface area contributed by atoms with Gasteiger partial charge in [-0.25, -0.2) is 4.79 Å². The van der Waals surface area contributed by atoms with Gasteiger partial charge in [0.1, 0.15) is 5.75 Å². The summed E-state index contributed by atoms with van der Waals surface area (Å²) in [6.07, 6.45) is 12.0. The minimum absolute atomic E-state index is 0.134. The first-order valence-corrected chi connectivity index (χ1v) is 8.90. The fourth-order valence-corrected chi connectivity index (χ4v) is 3.96. The topological polar surface area (TPSA) is 29.5 Å². The van der Waals surface area contributed by atoms with Crippen molar-refractivity contribution in [1.29, 1.82) is 0 Å². The Kier molecular flexibility index (Phi) is 5.36. The van der Waals surface area contributed by atoms with E-state index in [1.807, 2.05) is 30.3 Å². The van der Waals surface area contributed by atoms with Crippen molar-refractivity contribution in [3.8, 4) is 5.75 Å². The van der Waals surface area contributed by atoms with Gasteiger partial charge in [0.05, 0.1) is 0 Å². The van der Waals surface area contributed by atoms with Crippen LogP contribution in [0.1, 0.15) is 64.2 Å². The molecule has 2 aliphatic rings. The molecule has 2 saturated carbocycles. The van der Waals surface area contributed by atoms with Gasteiger partial charge in [0.15, 0.2) is 0 Å². The molecule has 1 aromatic rings. The maximum atomic E-state index is 12.8. The first-order valence-electron chi connectivity index (χ1n) is 8.90. The average molecular weight is 301 g/mol. The van der Waals surface area contributed by atoms with Crippen LogP contribution in [0.25, 0.3) is 0 Å². The van der Waals surface area contributed by atoms with Crippen molar-refractivity contribution in [2.75, 3.05) is 0 Å². The van der Waals surface area contributed by atoms with Crippen LogP contribution in [0.5, 0.6) is 5.75 Å². The van der Waals surface area contributed by atoms with Gasteiger partial charge in [0, 0.05) is 12.1 Å². The molecule has 2 fully saturated rings. The van der Waals surface area contributed by atoms with E-state index in [9.17, 15) is 4.79 Å². The molecule has 3 rings (SSSR count). The van der Waals surface area contributed by atoms with Crippen LogP contribution < -0.4 is 4.74 Å². The summed E-state index contributed by atoms with van der Waals surface area (Å²) in [7, 11) is 0. The molecule has 0 saturated heterocycles. The van der Waals surface area contributed by atoms with Crippen molar-refractivity contribution in [3.05, 3.63) is 30.3 Å². The molecular formula is C19H27NO2. The van der Waals surface area contributed by atoms with E-state index in [1.165, 1.54) is 38.5 Å². The van der Waals surface area contributed by atoms with E-state index >= 15 is 0 Å². The van der Waals surface area contributed by atoms with E-state index < -0.39 is 0 Å². The summed E-state index contributed by atoms with van der Waals surface area (Å²) in [6.45, 7) is 0. The molecule has 1 aromatic carbocycles. The minimum atomic E-state index is -0.134. The second kappa shape index (κ2) is 7.66. The van der Waals surface area contributed by atoms with Crippen molar-refractivity contribution in [3.63, 3.8) is 0 Å². The number of para-hydroxylation sites is 1. The van der Waals surface area contributed by atoms with Crippen molar-refractivity contribution >= 4 is 6.09 Å². The van der Waals surface area contributed by atoms with Crippen LogP contribution >= 0.6 is 0 Å². The van der Waals surface area contributed by atoms with Crippen LogP contribution in [0.3, 0.4) is 0 Å². The van der Waals surface area contributed by atoms with E-state index in [-0.39, 0.29) is 6.09 Å². The van der Waals surface area contributed by atoms with Crippen LogP contribution in [-0.4, -0.2) is 23.1 Å². The lowest BCUT2D eigenvalue weighted by Crippen LogP contribution is -2.49. The molecule has 0 atom stereocenters. The predicted octanol–water partition coefficient (Wildman–Crippen LogP) is 5.15. The zero-order chi connectivity index (χ0) is 15.2. The number of amides is 1. The maximum absolute atomic E-state index is 12.8. The van der Waals surface area contributed by atoms with Gasteiger partial charge in [0.2, 0.25) is 0 Å². The Morgan fingerprint density at radius 3 is 1.82 bits per heavy atom. The van der Waals surface area contributed by atoms with Gasteiger partial charge in [-0.05, 0) is 37.8 Å². The summed E-state index contributed by atoms with van der Waals surface area (Å²) in [6, 6.07) is 10.2. The molecule has 3 nitrogen and oxygen atoms in total. The summed E-state index contributed by atoms with van der Waals surface area (Å²) >= 11 is 0. The molecule has 0 unspecified atom stereocenters. The van der Waals surface area contributed by atoms with Gasteiger partial charge in [0.25, 0.3) is 0 Å². The number of hydrogen-bond acceptors (Lipinski definition) is 2. The third kappa shape index (κ3) is 3.82. The van der Waals surface area contributed by atoms with Gasteiger partial charge in [-0.15, -0.1) is 0 Å². The smallest absolute Gasteiger partial charge is 0.410 e. The first-order chi connectivity index (χ1) is 10.8. The van der Waals surface area contributed by atoms with Crippen molar-refractivity contribution < 1.29 is 9.53 Å². The van der Waals surface area contributed by atoms with Crippen LogP contribution in [0, 0.1) is 0 Å². The van der Waals surface area contributed by atoms with Crippen LogP contribution in [0.15, 0.2) is 30.3 Å². The van der Waals surface area contributed by atoms with E-state index in [0.717, 1.165) is 25.7 Å². The van der Waals surface area contributed by atoms with Gasteiger partial charge in [-0.3, -0.25) is 0 Å². The van der Waals surface area contributed by atoms with Crippen molar-refractivity contribution in [2.45, 2.75) is 76.3 Å². The molecule has 0 aliphatic heterocycles. The number of rotatable bonds is 3. The lowest BCUT2D eigenvalue weighted by molar-refractivity contribution is 0.0756. The molecule has 0 bridgehead atoms. The maximum Gasteiger partial charge on any atom is 0.415 e. The number of nitrogens with zero attached hydrogens (tertiary/aromatic N) is 1. The third-order valence-electron chi connectivity index (χ3n) is 5.10. The molecule has 0 aromatic heterocycles. The molecule has 3 heteroatoms. The Bertz CT molecular complexity index is 444. The standard InChI is InChI=1S/C19H27NO2/c21-19(22-18-14-8-3-9-15-18)20(16-10-4-1-5-11-16)17-12-6-2-7-13-17/h3,8-9,14-17H,1-2,4-7,10-13H2. The van der Waals surface area contributed by atoms with E-state index in [2.05, 4.69) is 4.90 Å². The van der Waals surface area contributed by atoms with Crippen molar-refractivity contribution in [1.82, 2.24) is 4.90 Å². The fraction of sp³-hybridized carbons (Fsp3) is 0.632. The van der Waals surface area contributed by atoms with Gasteiger partial charge >= 0.3 is 6.09 Å². The first kappa shape index (κ1) is 15.4. The molecular weight excluding hydrogens is 274 g/mol. The Morgan fingerprint density at radius 1 is 0.818 bits per heavy atom. The number of hydrogen-bond donors (Lipinski definition) is 0. The van der Waals surface area contributed by atoms with Crippen molar-refractivity contribution in [2.24, 2.45) is 0 Å².